The second-order valence-electron chi connectivity index (χ2n) is 6.76. The highest BCUT2D eigenvalue weighted by molar-refractivity contribution is 7.89. The summed E-state index contributed by atoms with van der Waals surface area (Å²) in [7, 11) is -3.49. The molecule has 0 amide bonds. The molecule has 0 spiro atoms. The maximum atomic E-state index is 12.9. The van der Waals surface area contributed by atoms with Gasteiger partial charge < -0.3 is 14.3 Å². The molecule has 8 nitrogen and oxygen atoms in total. The molecule has 0 aliphatic carbocycles. The molecule has 9 heteroatoms. The monoisotopic (exact) mass is 365 g/mol. The summed E-state index contributed by atoms with van der Waals surface area (Å²) in [6, 6.07) is 1.61. The van der Waals surface area contributed by atoms with Crippen molar-refractivity contribution in [3.63, 3.8) is 0 Å². The third kappa shape index (κ3) is 2.90. The molecule has 2 aliphatic rings. The zero-order valence-electron chi connectivity index (χ0n) is 14.5. The maximum Gasteiger partial charge on any atom is 0.246 e. The molecule has 0 unspecified atom stereocenters. The van der Waals surface area contributed by atoms with E-state index in [-0.39, 0.29) is 10.8 Å². The van der Waals surface area contributed by atoms with Crippen LogP contribution in [0, 0.1) is 13.8 Å². The van der Waals surface area contributed by atoms with E-state index in [0.29, 0.717) is 24.6 Å². The minimum Gasteiger partial charge on any atom is -0.465 e. The van der Waals surface area contributed by atoms with Crippen LogP contribution in [0.3, 0.4) is 0 Å². The van der Waals surface area contributed by atoms with Gasteiger partial charge in [0.2, 0.25) is 10.0 Å². The Bertz CT molecular complexity index is 878. The number of furan rings is 1. The van der Waals surface area contributed by atoms with Gasteiger partial charge in [0.1, 0.15) is 28.1 Å². The van der Waals surface area contributed by atoms with Crippen LogP contribution in [0.5, 0.6) is 0 Å². The molecule has 1 saturated heterocycles. The lowest BCUT2D eigenvalue weighted by Crippen LogP contribution is -2.39. The standard InChI is InChI=1S/C16H23N5O3S/c1-11-9-14(12(2)24-11)25(22,23)20-6-3-13(4-7-20)16-19-18-15-10-17-5-8-21(15)16/h9,13,17H,3-8,10H2,1-2H3. The number of nitrogens with one attached hydrogen (secondary N) is 1. The molecule has 0 atom stereocenters. The number of hydrogen-bond donors (Lipinski definition) is 1. The number of nitrogens with zero attached hydrogens (tertiary/aromatic N) is 4. The van der Waals surface area contributed by atoms with Gasteiger partial charge >= 0.3 is 0 Å². The van der Waals surface area contributed by atoms with Crippen molar-refractivity contribution in [3.8, 4) is 0 Å². The van der Waals surface area contributed by atoms with Crippen molar-refractivity contribution in [2.24, 2.45) is 0 Å². The van der Waals surface area contributed by atoms with Gasteiger partial charge in [-0.25, -0.2) is 8.42 Å². The van der Waals surface area contributed by atoms with Gasteiger partial charge in [-0.3, -0.25) is 0 Å². The first-order chi connectivity index (χ1) is 12.0. The summed E-state index contributed by atoms with van der Waals surface area (Å²) in [5.74, 6) is 3.32. The number of rotatable bonds is 3. The van der Waals surface area contributed by atoms with Crippen LogP contribution in [0.2, 0.25) is 0 Å². The van der Waals surface area contributed by atoms with Crippen LogP contribution in [-0.4, -0.2) is 47.1 Å². The van der Waals surface area contributed by atoms with Crippen molar-refractivity contribution in [2.75, 3.05) is 19.6 Å². The zero-order chi connectivity index (χ0) is 17.6. The third-order valence-corrected chi connectivity index (χ3v) is 7.09. The number of piperidine rings is 1. The van der Waals surface area contributed by atoms with Crippen molar-refractivity contribution in [3.05, 3.63) is 29.2 Å². The highest BCUT2D eigenvalue weighted by Gasteiger charge is 2.34. The number of hydrogen-bond acceptors (Lipinski definition) is 6. The van der Waals surface area contributed by atoms with Crippen LogP contribution < -0.4 is 5.32 Å². The number of aromatic nitrogens is 3. The van der Waals surface area contributed by atoms with Crippen molar-refractivity contribution < 1.29 is 12.8 Å². The lowest BCUT2D eigenvalue weighted by molar-refractivity contribution is 0.306. The average Bonchev–Trinajstić information content (AvgIpc) is 3.18. The molecule has 1 fully saturated rings. The summed E-state index contributed by atoms with van der Waals surface area (Å²) in [4.78, 5) is 0.286. The second-order valence-corrected chi connectivity index (χ2v) is 8.67. The number of sulfonamides is 1. The van der Waals surface area contributed by atoms with E-state index in [1.165, 1.54) is 0 Å². The van der Waals surface area contributed by atoms with Gasteiger partial charge in [-0.15, -0.1) is 10.2 Å². The lowest BCUT2D eigenvalue weighted by Gasteiger charge is -2.31. The van der Waals surface area contributed by atoms with Gasteiger partial charge in [-0.05, 0) is 32.8 Å². The molecule has 4 heterocycles. The SMILES string of the molecule is Cc1cc(S(=O)(=O)N2CCC(c3nnc4n3CCNC4)CC2)c(C)o1. The van der Waals surface area contributed by atoms with Gasteiger partial charge in [0.05, 0.1) is 6.54 Å². The van der Waals surface area contributed by atoms with Crippen molar-refractivity contribution in [1.82, 2.24) is 24.4 Å². The van der Waals surface area contributed by atoms with Gasteiger partial charge in [-0.1, -0.05) is 0 Å². The van der Waals surface area contributed by atoms with E-state index in [9.17, 15) is 8.42 Å². The van der Waals surface area contributed by atoms with E-state index in [1.807, 2.05) is 0 Å². The fourth-order valence-electron chi connectivity index (χ4n) is 3.77. The minimum absolute atomic E-state index is 0.262. The first kappa shape index (κ1) is 16.7. The highest BCUT2D eigenvalue weighted by atomic mass is 32.2. The summed E-state index contributed by atoms with van der Waals surface area (Å²) >= 11 is 0. The fraction of sp³-hybridized carbons (Fsp3) is 0.625. The first-order valence-corrected chi connectivity index (χ1v) is 10.1. The summed E-state index contributed by atoms with van der Waals surface area (Å²) in [5.41, 5.74) is 0. The number of fused-ring (bicyclic) bond motifs is 1. The van der Waals surface area contributed by atoms with Crippen LogP contribution in [0.25, 0.3) is 0 Å². The Balaban J connectivity index is 1.50. The Morgan fingerprint density at radius 2 is 1.96 bits per heavy atom. The average molecular weight is 365 g/mol. The smallest absolute Gasteiger partial charge is 0.246 e. The zero-order valence-corrected chi connectivity index (χ0v) is 15.3. The van der Waals surface area contributed by atoms with E-state index < -0.39 is 10.0 Å². The Labute approximate surface area is 147 Å². The third-order valence-electron chi connectivity index (χ3n) is 5.08. The topological polar surface area (TPSA) is 93.3 Å². The molecule has 25 heavy (non-hydrogen) atoms. The Morgan fingerprint density at radius 1 is 1.20 bits per heavy atom. The predicted octanol–water partition coefficient (Wildman–Crippen LogP) is 1.16. The van der Waals surface area contributed by atoms with E-state index in [4.69, 9.17) is 4.42 Å². The van der Waals surface area contributed by atoms with Gasteiger partial charge in [-0.2, -0.15) is 4.31 Å². The van der Waals surface area contributed by atoms with Gasteiger partial charge in [0.15, 0.2) is 0 Å². The van der Waals surface area contributed by atoms with Gasteiger partial charge in [0, 0.05) is 32.1 Å². The van der Waals surface area contributed by atoms with Crippen molar-refractivity contribution >= 4 is 10.0 Å². The normalized spacial score (nSPS) is 19.9. The fourth-order valence-corrected chi connectivity index (χ4v) is 5.46. The molecule has 2 aromatic heterocycles. The lowest BCUT2D eigenvalue weighted by atomic mass is 9.97. The molecular formula is C16H23N5O3S. The Kier molecular flexibility index (Phi) is 4.17. The van der Waals surface area contributed by atoms with Crippen molar-refractivity contribution in [1.29, 1.82) is 0 Å². The summed E-state index contributed by atoms with van der Waals surface area (Å²) in [5, 5.41) is 11.9. The molecule has 1 N–H and O–H groups in total. The van der Waals surface area contributed by atoms with Crippen LogP contribution in [0.1, 0.15) is 41.9 Å². The van der Waals surface area contributed by atoms with Crippen LogP contribution in [-0.2, 0) is 23.1 Å². The van der Waals surface area contributed by atoms with Crippen molar-refractivity contribution in [2.45, 2.75) is 50.6 Å². The molecule has 4 rings (SSSR count). The molecule has 0 aromatic carbocycles. The largest absolute Gasteiger partial charge is 0.465 e. The molecule has 0 radical (unpaired) electrons. The van der Waals surface area contributed by atoms with Crippen LogP contribution >= 0.6 is 0 Å². The quantitative estimate of drug-likeness (QED) is 0.877. The molecule has 2 aliphatic heterocycles. The number of aryl methyl sites for hydroxylation is 2. The molecule has 0 bridgehead atoms. The molecule has 2 aromatic rings. The van der Waals surface area contributed by atoms with E-state index in [2.05, 4.69) is 20.1 Å². The molecule has 136 valence electrons. The predicted molar refractivity (Wildman–Crippen MR) is 90.6 cm³/mol. The summed E-state index contributed by atoms with van der Waals surface area (Å²) in [6.45, 7) is 7.01. The molecular weight excluding hydrogens is 342 g/mol. The van der Waals surface area contributed by atoms with E-state index >= 15 is 0 Å². The highest BCUT2D eigenvalue weighted by Crippen LogP contribution is 2.32. The second kappa shape index (κ2) is 6.22. The van der Waals surface area contributed by atoms with Crippen LogP contribution in [0.4, 0.5) is 0 Å². The van der Waals surface area contributed by atoms with Crippen LogP contribution in [0.15, 0.2) is 15.4 Å². The molecule has 0 saturated carbocycles. The maximum absolute atomic E-state index is 12.9. The van der Waals surface area contributed by atoms with Gasteiger partial charge in [0.25, 0.3) is 0 Å². The minimum atomic E-state index is -3.49. The van der Waals surface area contributed by atoms with E-state index in [0.717, 1.165) is 44.1 Å². The summed E-state index contributed by atoms with van der Waals surface area (Å²) < 4.78 is 34.9. The summed E-state index contributed by atoms with van der Waals surface area (Å²) in [6.07, 6.45) is 1.53. The van der Waals surface area contributed by atoms with E-state index in [1.54, 1.807) is 24.2 Å². The Morgan fingerprint density at radius 3 is 2.64 bits per heavy atom. The Hall–Kier alpha value is -1.71. The first-order valence-electron chi connectivity index (χ1n) is 8.66.